The first kappa shape index (κ1) is 14.5. The lowest BCUT2D eigenvalue weighted by Gasteiger charge is -2.04. The van der Waals surface area contributed by atoms with Crippen molar-refractivity contribution in [2.75, 3.05) is 6.54 Å². The first-order chi connectivity index (χ1) is 10.8. The molecular weight excluding hydrogens is 294 g/mol. The fraction of sp³-hybridized carbons (Fsp3) is 0.176. The molecule has 0 radical (unpaired) electrons. The quantitative estimate of drug-likeness (QED) is 0.709. The lowest BCUT2D eigenvalue weighted by Crippen LogP contribution is -2.24. The summed E-state index contributed by atoms with van der Waals surface area (Å²) < 4.78 is 2.10. The molecule has 5 heteroatoms. The molecule has 0 aliphatic heterocycles. The van der Waals surface area contributed by atoms with Gasteiger partial charge >= 0.3 is 0 Å². The van der Waals surface area contributed by atoms with Crippen molar-refractivity contribution in [2.45, 2.75) is 13.0 Å². The van der Waals surface area contributed by atoms with E-state index in [1.807, 2.05) is 54.9 Å². The molecule has 0 saturated carbocycles. The summed E-state index contributed by atoms with van der Waals surface area (Å²) in [6, 6.07) is 14.0. The van der Waals surface area contributed by atoms with Crippen LogP contribution in [0.15, 0.2) is 61.1 Å². The molecule has 0 fully saturated rings. The molecule has 0 saturated heterocycles. The van der Waals surface area contributed by atoms with Gasteiger partial charge < -0.3 is 9.88 Å². The predicted octanol–water partition coefficient (Wildman–Crippen LogP) is 3.43. The zero-order valence-electron chi connectivity index (χ0n) is 12.1. The Morgan fingerprint density at radius 1 is 1.14 bits per heavy atom. The SMILES string of the molecule is O=C(NCCCn1cccc1)c1ncc(-c2ccccc2)s1. The minimum atomic E-state index is -0.0975. The molecule has 1 amide bonds. The second-order valence-corrected chi connectivity index (χ2v) is 5.96. The van der Waals surface area contributed by atoms with E-state index in [9.17, 15) is 4.79 Å². The van der Waals surface area contributed by atoms with Crippen molar-refractivity contribution in [1.82, 2.24) is 14.9 Å². The maximum atomic E-state index is 12.1. The van der Waals surface area contributed by atoms with Crippen LogP contribution < -0.4 is 5.32 Å². The Labute approximate surface area is 133 Å². The maximum absolute atomic E-state index is 12.1. The zero-order chi connectivity index (χ0) is 15.2. The van der Waals surface area contributed by atoms with Gasteiger partial charge in [0.2, 0.25) is 0 Å². The molecule has 0 atom stereocenters. The number of rotatable bonds is 6. The van der Waals surface area contributed by atoms with Gasteiger partial charge in [-0.15, -0.1) is 11.3 Å². The van der Waals surface area contributed by atoms with Gasteiger partial charge in [-0.05, 0) is 24.1 Å². The molecule has 2 heterocycles. The van der Waals surface area contributed by atoms with Crippen molar-refractivity contribution in [3.63, 3.8) is 0 Å². The van der Waals surface area contributed by atoms with Crippen molar-refractivity contribution in [3.05, 3.63) is 66.1 Å². The number of amides is 1. The number of aromatic nitrogens is 2. The second kappa shape index (κ2) is 7.04. The van der Waals surface area contributed by atoms with Crippen LogP contribution in [0.4, 0.5) is 0 Å². The van der Waals surface area contributed by atoms with Crippen LogP contribution in [0.25, 0.3) is 10.4 Å². The summed E-state index contributed by atoms with van der Waals surface area (Å²) in [6.45, 7) is 1.55. The zero-order valence-corrected chi connectivity index (χ0v) is 12.9. The third-order valence-electron chi connectivity index (χ3n) is 3.30. The standard InChI is InChI=1S/C17H17N3OS/c21-16(18-9-6-12-20-10-4-5-11-20)17-19-13-15(22-17)14-7-2-1-3-8-14/h1-5,7-8,10-11,13H,6,9,12H2,(H,18,21). The molecule has 3 aromatic rings. The van der Waals surface area contributed by atoms with Gasteiger partial charge in [-0.2, -0.15) is 0 Å². The molecule has 112 valence electrons. The Hall–Kier alpha value is -2.40. The number of nitrogens with one attached hydrogen (secondary N) is 1. The number of hydrogen-bond acceptors (Lipinski definition) is 3. The summed E-state index contributed by atoms with van der Waals surface area (Å²) in [6.07, 6.45) is 6.70. The number of aryl methyl sites for hydroxylation is 1. The molecule has 2 aromatic heterocycles. The van der Waals surface area contributed by atoms with Gasteiger partial charge in [0.15, 0.2) is 5.01 Å². The lowest BCUT2D eigenvalue weighted by molar-refractivity contribution is 0.0952. The van der Waals surface area contributed by atoms with E-state index in [4.69, 9.17) is 0 Å². The average molecular weight is 311 g/mol. The van der Waals surface area contributed by atoms with Gasteiger partial charge in [0, 0.05) is 31.7 Å². The van der Waals surface area contributed by atoms with E-state index in [1.54, 1.807) is 6.20 Å². The molecule has 0 bridgehead atoms. The van der Waals surface area contributed by atoms with Gasteiger partial charge in [0.1, 0.15) is 0 Å². The molecule has 1 aromatic carbocycles. The highest BCUT2D eigenvalue weighted by atomic mass is 32.1. The second-order valence-electron chi connectivity index (χ2n) is 4.93. The van der Waals surface area contributed by atoms with E-state index >= 15 is 0 Å². The highest BCUT2D eigenvalue weighted by Gasteiger charge is 2.11. The summed E-state index contributed by atoms with van der Waals surface area (Å²) in [7, 11) is 0. The van der Waals surface area contributed by atoms with E-state index in [-0.39, 0.29) is 5.91 Å². The van der Waals surface area contributed by atoms with E-state index in [1.165, 1.54) is 11.3 Å². The summed E-state index contributed by atoms with van der Waals surface area (Å²) in [5.41, 5.74) is 1.09. The van der Waals surface area contributed by atoms with Crippen LogP contribution in [-0.4, -0.2) is 22.0 Å². The van der Waals surface area contributed by atoms with Gasteiger partial charge in [-0.1, -0.05) is 30.3 Å². The first-order valence-electron chi connectivity index (χ1n) is 7.23. The summed E-state index contributed by atoms with van der Waals surface area (Å²) in [5.74, 6) is -0.0975. The minimum Gasteiger partial charge on any atom is -0.354 e. The van der Waals surface area contributed by atoms with Crippen LogP contribution in [0.1, 0.15) is 16.2 Å². The summed E-state index contributed by atoms with van der Waals surface area (Å²) >= 11 is 1.42. The van der Waals surface area contributed by atoms with Gasteiger partial charge in [0.25, 0.3) is 5.91 Å². The normalized spacial score (nSPS) is 10.5. The van der Waals surface area contributed by atoms with E-state index in [0.717, 1.165) is 23.4 Å². The number of benzene rings is 1. The van der Waals surface area contributed by atoms with Crippen LogP contribution in [0.5, 0.6) is 0 Å². The van der Waals surface area contributed by atoms with E-state index in [2.05, 4.69) is 14.9 Å². The number of hydrogen-bond donors (Lipinski definition) is 1. The molecular formula is C17H17N3OS. The van der Waals surface area contributed by atoms with Crippen molar-refractivity contribution < 1.29 is 4.79 Å². The fourth-order valence-corrected chi connectivity index (χ4v) is 3.01. The molecule has 0 spiro atoms. The molecule has 4 nitrogen and oxygen atoms in total. The predicted molar refractivity (Wildman–Crippen MR) is 88.9 cm³/mol. The molecule has 0 aliphatic carbocycles. The maximum Gasteiger partial charge on any atom is 0.280 e. The minimum absolute atomic E-state index is 0.0975. The average Bonchev–Trinajstić information content (AvgIpc) is 3.24. The third-order valence-corrected chi connectivity index (χ3v) is 4.35. The Balaban J connectivity index is 1.51. The number of thiazole rings is 1. The monoisotopic (exact) mass is 311 g/mol. The smallest absolute Gasteiger partial charge is 0.280 e. The summed E-state index contributed by atoms with van der Waals surface area (Å²) in [4.78, 5) is 17.3. The molecule has 0 unspecified atom stereocenters. The van der Waals surface area contributed by atoms with Crippen molar-refractivity contribution in [1.29, 1.82) is 0 Å². The molecule has 3 rings (SSSR count). The van der Waals surface area contributed by atoms with Crippen LogP contribution in [0, 0.1) is 0 Å². The molecule has 1 N–H and O–H groups in total. The van der Waals surface area contributed by atoms with E-state index < -0.39 is 0 Å². The number of carbonyl (C=O) groups is 1. The first-order valence-corrected chi connectivity index (χ1v) is 8.05. The van der Waals surface area contributed by atoms with Crippen molar-refractivity contribution in [2.24, 2.45) is 0 Å². The van der Waals surface area contributed by atoms with Gasteiger partial charge in [-0.3, -0.25) is 4.79 Å². The van der Waals surface area contributed by atoms with Crippen LogP contribution in [0.2, 0.25) is 0 Å². The van der Waals surface area contributed by atoms with Crippen LogP contribution >= 0.6 is 11.3 Å². The van der Waals surface area contributed by atoms with E-state index in [0.29, 0.717) is 11.6 Å². The Morgan fingerprint density at radius 3 is 2.68 bits per heavy atom. The molecule has 22 heavy (non-hydrogen) atoms. The topological polar surface area (TPSA) is 46.9 Å². The van der Waals surface area contributed by atoms with Gasteiger partial charge in [0.05, 0.1) is 4.88 Å². The van der Waals surface area contributed by atoms with Gasteiger partial charge in [-0.25, -0.2) is 4.98 Å². The van der Waals surface area contributed by atoms with Crippen molar-refractivity contribution in [3.8, 4) is 10.4 Å². The Bertz CT molecular complexity index is 719. The highest BCUT2D eigenvalue weighted by Crippen LogP contribution is 2.25. The van der Waals surface area contributed by atoms with Crippen molar-refractivity contribution >= 4 is 17.2 Å². The molecule has 0 aliphatic rings. The number of nitrogens with zero attached hydrogens (tertiary/aromatic N) is 2. The fourth-order valence-electron chi connectivity index (χ4n) is 2.17. The van der Waals surface area contributed by atoms with Crippen LogP contribution in [-0.2, 0) is 6.54 Å². The largest absolute Gasteiger partial charge is 0.354 e. The third kappa shape index (κ3) is 3.62. The number of carbonyl (C=O) groups excluding carboxylic acids is 1. The Kier molecular flexibility index (Phi) is 4.65. The lowest BCUT2D eigenvalue weighted by atomic mass is 10.2. The summed E-state index contributed by atoms with van der Waals surface area (Å²) in [5, 5.41) is 3.44. The van der Waals surface area contributed by atoms with Crippen LogP contribution in [0.3, 0.4) is 0 Å². The Morgan fingerprint density at radius 2 is 1.91 bits per heavy atom. The highest BCUT2D eigenvalue weighted by molar-refractivity contribution is 7.16.